The minimum atomic E-state index is -0.664. The van der Waals surface area contributed by atoms with Gasteiger partial charge in [0.1, 0.15) is 0 Å². The molecule has 0 bridgehead atoms. The molecule has 76 valence electrons. The van der Waals surface area contributed by atoms with Crippen molar-refractivity contribution >= 4 is 34.7 Å². The van der Waals surface area contributed by atoms with E-state index in [-0.39, 0.29) is 12.5 Å². The molecular formula is C8H14INO3. The van der Waals surface area contributed by atoms with Crippen molar-refractivity contribution in [3.05, 3.63) is 0 Å². The molecule has 0 saturated heterocycles. The molecule has 0 radical (unpaired) electrons. The van der Waals surface area contributed by atoms with Crippen LogP contribution < -0.4 is 5.32 Å². The summed E-state index contributed by atoms with van der Waals surface area (Å²) in [6, 6.07) is -0.00208. The van der Waals surface area contributed by atoms with Gasteiger partial charge in [-0.1, -0.05) is 36.4 Å². The standard InChI is InChI=1S/C8H14INO3/c1-4-7(11)13-8(12)10-6(3)5(2)9/h5-6H,4H2,1-3H3,(H,10,12). The molecule has 0 aliphatic carbocycles. The Kier molecular flexibility index (Phi) is 6.02. The van der Waals surface area contributed by atoms with Crippen molar-refractivity contribution in [3.63, 3.8) is 0 Å². The topological polar surface area (TPSA) is 55.4 Å². The van der Waals surface area contributed by atoms with Crippen molar-refractivity contribution in [2.75, 3.05) is 0 Å². The molecule has 0 rings (SSSR count). The second-order valence-corrected chi connectivity index (χ2v) is 4.69. The third-order valence-corrected chi connectivity index (χ3v) is 2.61. The Morgan fingerprint density at radius 3 is 2.38 bits per heavy atom. The van der Waals surface area contributed by atoms with Gasteiger partial charge < -0.3 is 10.1 Å². The van der Waals surface area contributed by atoms with E-state index < -0.39 is 12.1 Å². The molecule has 0 aromatic carbocycles. The fourth-order valence-corrected chi connectivity index (χ4v) is 0.686. The maximum Gasteiger partial charge on any atom is 0.415 e. The predicted octanol–water partition coefficient (Wildman–Crippen LogP) is 1.86. The lowest BCUT2D eigenvalue weighted by Crippen LogP contribution is -2.38. The highest BCUT2D eigenvalue weighted by molar-refractivity contribution is 14.1. The van der Waals surface area contributed by atoms with Crippen molar-refractivity contribution < 1.29 is 14.3 Å². The number of hydrogen-bond acceptors (Lipinski definition) is 3. The first-order valence-corrected chi connectivity index (χ1v) is 5.37. The third kappa shape index (κ3) is 5.84. The molecule has 0 aliphatic rings. The number of esters is 1. The maximum atomic E-state index is 11.0. The van der Waals surface area contributed by atoms with Crippen molar-refractivity contribution in [2.45, 2.75) is 37.2 Å². The van der Waals surface area contributed by atoms with Crippen LogP contribution in [0.2, 0.25) is 0 Å². The highest BCUT2D eigenvalue weighted by Crippen LogP contribution is 2.04. The number of ether oxygens (including phenoxy) is 1. The van der Waals surface area contributed by atoms with Gasteiger partial charge in [0.2, 0.25) is 0 Å². The smallest absolute Gasteiger partial charge is 0.376 e. The van der Waals surface area contributed by atoms with Crippen LogP contribution in [0.4, 0.5) is 4.79 Å². The molecule has 0 fully saturated rings. The van der Waals surface area contributed by atoms with E-state index >= 15 is 0 Å². The normalized spacial score (nSPS) is 14.5. The van der Waals surface area contributed by atoms with Crippen molar-refractivity contribution in [2.24, 2.45) is 0 Å². The molecule has 0 spiro atoms. The van der Waals surface area contributed by atoms with Gasteiger partial charge in [-0.05, 0) is 6.92 Å². The van der Waals surface area contributed by atoms with Gasteiger partial charge in [-0.25, -0.2) is 4.79 Å². The zero-order valence-corrected chi connectivity index (χ0v) is 10.1. The van der Waals surface area contributed by atoms with E-state index in [2.05, 4.69) is 32.6 Å². The molecule has 0 aromatic heterocycles. The van der Waals surface area contributed by atoms with Gasteiger partial charge in [0, 0.05) is 16.4 Å². The summed E-state index contributed by atoms with van der Waals surface area (Å²) in [4.78, 5) is 21.7. The van der Waals surface area contributed by atoms with Gasteiger partial charge in [0.25, 0.3) is 0 Å². The van der Waals surface area contributed by atoms with Crippen LogP contribution in [0.5, 0.6) is 0 Å². The summed E-state index contributed by atoms with van der Waals surface area (Å²) in [5.41, 5.74) is 0. The minimum Gasteiger partial charge on any atom is -0.376 e. The average molecular weight is 299 g/mol. The van der Waals surface area contributed by atoms with Crippen LogP contribution >= 0.6 is 22.6 Å². The molecule has 4 nitrogen and oxygen atoms in total. The number of nitrogens with one attached hydrogen (secondary N) is 1. The molecule has 0 aromatic rings. The second-order valence-electron chi connectivity index (χ2n) is 2.73. The molecule has 2 atom stereocenters. The Morgan fingerprint density at radius 2 is 2.00 bits per heavy atom. The minimum absolute atomic E-state index is 0.00208. The van der Waals surface area contributed by atoms with Gasteiger partial charge in [-0.15, -0.1) is 0 Å². The molecule has 5 heteroatoms. The molecule has 0 heterocycles. The van der Waals surface area contributed by atoms with Crippen LogP contribution in [0.1, 0.15) is 27.2 Å². The fraction of sp³-hybridized carbons (Fsp3) is 0.750. The molecule has 0 saturated carbocycles. The fourth-order valence-electron chi connectivity index (χ4n) is 0.506. The molecule has 1 N–H and O–H groups in total. The van der Waals surface area contributed by atoms with E-state index in [0.717, 1.165) is 0 Å². The van der Waals surface area contributed by atoms with Gasteiger partial charge in [-0.3, -0.25) is 4.79 Å². The lowest BCUT2D eigenvalue weighted by Gasteiger charge is -2.14. The summed E-state index contributed by atoms with van der Waals surface area (Å²) in [6.07, 6.45) is -0.454. The Morgan fingerprint density at radius 1 is 1.46 bits per heavy atom. The van der Waals surface area contributed by atoms with Gasteiger partial charge in [0.05, 0.1) is 0 Å². The molecule has 1 amide bonds. The van der Waals surface area contributed by atoms with Crippen molar-refractivity contribution in [3.8, 4) is 0 Å². The predicted molar refractivity (Wildman–Crippen MR) is 57.9 cm³/mol. The van der Waals surface area contributed by atoms with E-state index in [0.29, 0.717) is 3.92 Å². The monoisotopic (exact) mass is 299 g/mol. The maximum absolute atomic E-state index is 11.0. The van der Waals surface area contributed by atoms with Crippen LogP contribution in [0.3, 0.4) is 0 Å². The van der Waals surface area contributed by atoms with Crippen LogP contribution in [-0.2, 0) is 9.53 Å². The Hall–Kier alpha value is -0.330. The van der Waals surface area contributed by atoms with Gasteiger partial charge in [-0.2, -0.15) is 0 Å². The highest BCUT2D eigenvalue weighted by atomic mass is 127. The largest absolute Gasteiger partial charge is 0.415 e. The number of halogens is 1. The first kappa shape index (κ1) is 12.7. The highest BCUT2D eigenvalue weighted by Gasteiger charge is 2.14. The quantitative estimate of drug-likeness (QED) is 0.374. The van der Waals surface area contributed by atoms with E-state index in [1.807, 2.05) is 13.8 Å². The second kappa shape index (κ2) is 6.17. The van der Waals surface area contributed by atoms with E-state index in [9.17, 15) is 9.59 Å². The van der Waals surface area contributed by atoms with Crippen molar-refractivity contribution in [1.29, 1.82) is 0 Å². The van der Waals surface area contributed by atoms with Crippen LogP contribution in [-0.4, -0.2) is 22.0 Å². The zero-order chi connectivity index (χ0) is 10.4. The van der Waals surface area contributed by atoms with Crippen LogP contribution in [0.25, 0.3) is 0 Å². The van der Waals surface area contributed by atoms with E-state index in [1.165, 1.54) is 0 Å². The van der Waals surface area contributed by atoms with Crippen LogP contribution in [0, 0.1) is 0 Å². The van der Waals surface area contributed by atoms with E-state index in [4.69, 9.17) is 0 Å². The molecule has 0 aliphatic heterocycles. The molecule has 2 unspecified atom stereocenters. The number of hydrogen-bond donors (Lipinski definition) is 1. The number of alkyl halides is 1. The lowest BCUT2D eigenvalue weighted by atomic mass is 10.3. The number of carbonyl (C=O) groups is 2. The zero-order valence-electron chi connectivity index (χ0n) is 7.96. The summed E-state index contributed by atoms with van der Waals surface area (Å²) in [5, 5.41) is 2.56. The summed E-state index contributed by atoms with van der Waals surface area (Å²) in [7, 11) is 0. The number of alkyl carbamates (subject to hydrolysis) is 1. The first-order chi connectivity index (χ1) is 5.97. The number of carbonyl (C=O) groups excluding carboxylic acids is 2. The summed E-state index contributed by atoms with van der Waals surface area (Å²) >= 11 is 2.19. The molecular weight excluding hydrogens is 285 g/mol. The summed E-state index contributed by atoms with van der Waals surface area (Å²) < 4.78 is 4.72. The Balaban J connectivity index is 3.81. The van der Waals surface area contributed by atoms with Gasteiger partial charge in [0.15, 0.2) is 0 Å². The number of rotatable bonds is 3. The number of amides is 1. The Bertz CT molecular complexity index is 194. The van der Waals surface area contributed by atoms with Crippen LogP contribution in [0.15, 0.2) is 0 Å². The SMILES string of the molecule is CCC(=O)OC(=O)NC(C)C(C)I. The summed E-state index contributed by atoms with van der Waals surface area (Å²) in [6.45, 7) is 5.46. The molecule has 13 heavy (non-hydrogen) atoms. The third-order valence-electron chi connectivity index (χ3n) is 1.53. The lowest BCUT2D eigenvalue weighted by molar-refractivity contribution is -0.136. The van der Waals surface area contributed by atoms with E-state index in [1.54, 1.807) is 6.92 Å². The Labute approximate surface area is 91.5 Å². The average Bonchev–Trinajstić information content (AvgIpc) is 2.03. The van der Waals surface area contributed by atoms with Gasteiger partial charge >= 0.3 is 12.1 Å². The first-order valence-electron chi connectivity index (χ1n) is 4.12. The summed E-state index contributed by atoms with van der Waals surface area (Å²) in [5.74, 6) is -0.509. The van der Waals surface area contributed by atoms with Crippen molar-refractivity contribution in [1.82, 2.24) is 5.32 Å².